The van der Waals surface area contributed by atoms with E-state index in [1.807, 2.05) is 34.4 Å². The van der Waals surface area contributed by atoms with E-state index in [1.54, 1.807) is 34.4 Å². The summed E-state index contributed by atoms with van der Waals surface area (Å²) in [5.41, 5.74) is 0. The van der Waals surface area contributed by atoms with E-state index in [9.17, 15) is 0 Å². The predicted octanol–water partition coefficient (Wildman–Crippen LogP) is 10.1. The third-order valence-corrected chi connectivity index (χ3v) is 10.5. The molecular formula is C24H16S6. The first kappa shape index (κ1) is 20.4. The molecule has 0 spiro atoms. The van der Waals surface area contributed by atoms with Crippen molar-refractivity contribution in [2.24, 2.45) is 0 Å². The Morgan fingerprint density at radius 3 is 1.50 bits per heavy atom. The monoisotopic (exact) mass is 496 g/mol. The highest BCUT2D eigenvalue weighted by molar-refractivity contribution is 8.20. The molecule has 5 heterocycles. The van der Waals surface area contributed by atoms with Gasteiger partial charge in [0.25, 0.3) is 0 Å². The lowest BCUT2D eigenvalue weighted by atomic mass is 10.3. The molecule has 0 radical (unpaired) electrons. The maximum Gasteiger partial charge on any atom is 0.0421 e. The lowest BCUT2D eigenvalue weighted by Crippen LogP contribution is -1.80. The highest BCUT2D eigenvalue weighted by Crippen LogP contribution is 2.48. The molecule has 0 atom stereocenters. The summed E-state index contributed by atoms with van der Waals surface area (Å²) in [5.74, 6) is 0. The van der Waals surface area contributed by atoms with Gasteiger partial charge in [-0.25, -0.2) is 0 Å². The minimum atomic E-state index is 1.29. The standard InChI is InChI=1S/C24H16S6/c1-3-17(26-13-1)5-7-19-9-11-21(28-19)23-15-25-16-24(30-23)22-12-10-20(29-22)8-6-18-4-2-14-27-18/h1-16H. The van der Waals surface area contributed by atoms with Gasteiger partial charge < -0.3 is 0 Å². The van der Waals surface area contributed by atoms with Crippen LogP contribution in [0.25, 0.3) is 34.1 Å². The molecule has 0 amide bonds. The van der Waals surface area contributed by atoms with Gasteiger partial charge in [0, 0.05) is 39.1 Å². The number of hydrogen-bond acceptors (Lipinski definition) is 6. The van der Waals surface area contributed by atoms with Gasteiger partial charge in [0.05, 0.1) is 0 Å². The van der Waals surface area contributed by atoms with Gasteiger partial charge in [0.2, 0.25) is 0 Å². The van der Waals surface area contributed by atoms with Crippen molar-refractivity contribution in [2.45, 2.75) is 0 Å². The van der Waals surface area contributed by atoms with Crippen molar-refractivity contribution in [3.63, 3.8) is 0 Å². The van der Waals surface area contributed by atoms with Crippen LogP contribution in [0.15, 0.2) is 70.1 Å². The van der Waals surface area contributed by atoms with Crippen LogP contribution < -0.4 is 0 Å². The molecule has 1 aliphatic heterocycles. The lowest BCUT2D eigenvalue weighted by Gasteiger charge is -2.11. The quantitative estimate of drug-likeness (QED) is 0.260. The van der Waals surface area contributed by atoms with Crippen molar-refractivity contribution in [1.82, 2.24) is 0 Å². The molecule has 0 unspecified atom stereocenters. The van der Waals surface area contributed by atoms with E-state index in [2.05, 4.69) is 94.4 Å². The average Bonchev–Trinajstić information content (AvgIpc) is 3.58. The number of hydrogen-bond donors (Lipinski definition) is 0. The fourth-order valence-electron chi connectivity index (χ4n) is 2.79. The molecule has 0 aromatic carbocycles. The topological polar surface area (TPSA) is 0 Å². The summed E-state index contributed by atoms with van der Waals surface area (Å²) >= 11 is 10.9. The minimum Gasteiger partial charge on any atom is -0.144 e. The van der Waals surface area contributed by atoms with E-state index >= 15 is 0 Å². The number of rotatable bonds is 6. The molecule has 0 N–H and O–H groups in total. The summed E-state index contributed by atoms with van der Waals surface area (Å²) < 4.78 is 0. The molecule has 0 nitrogen and oxygen atoms in total. The maximum absolute atomic E-state index is 2.26. The molecule has 148 valence electrons. The normalized spacial score (nSPS) is 14.5. The summed E-state index contributed by atoms with van der Waals surface area (Å²) in [6.45, 7) is 0. The predicted molar refractivity (Wildman–Crippen MR) is 146 cm³/mol. The summed E-state index contributed by atoms with van der Waals surface area (Å²) in [7, 11) is 0. The highest BCUT2D eigenvalue weighted by atomic mass is 32.2. The molecule has 4 aromatic rings. The molecule has 0 saturated carbocycles. The molecule has 30 heavy (non-hydrogen) atoms. The van der Waals surface area contributed by atoms with Crippen molar-refractivity contribution < 1.29 is 0 Å². The van der Waals surface area contributed by atoms with E-state index in [4.69, 9.17) is 0 Å². The zero-order chi connectivity index (χ0) is 20.2. The second-order valence-corrected chi connectivity index (χ2v) is 12.3. The second kappa shape index (κ2) is 9.73. The first-order valence-corrected chi connectivity index (χ1v) is 14.4. The number of thioether (sulfide) groups is 2. The lowest BCUT2D eigenvalue weighted by molar-refractivity contribution is 1.90. The van der Waals surface area contributed by atoms with Crippen LogP contribution in [-0.2, 0) is 0 Å². The minimum absolute atomic E-state index is 1.29. The van der Waals surface area contributed by atoms with E-state index in [1.165, 1.54) is 39.1 Å². The van der Waals surface area contributed by atoms with Crippen LogP contribution in [0.2, 0.25) is 0 Å². The van der Waals surface area contributed by atoms with Crippen LogP contribution in [0.1, 0.15) is 29.3 Å². The van der Waals surface area contributed by atoms with Crippen molar-refractivity contribution in [3.05, 3.63) is 99.4 Å². The van der Waals surface area contributed by atoms with Gasteiger partial charge in [0.1, 0.15) is 0 Å². The largest absolute Gasteiger partial charge is 0.144 e. The van der Waals surface area contributed by atoms with Gasteiger partial charge in [-0.3, -0.25) is 0 Å². The Morgan fingerprint density at radius 2 is 1.03 bits per heavy atom. The smallest absolute Gasteiger partial charge is 0.0421 e. The van der Waals surface area contributed by atoms with Gasteiger partial charge in [0.15, 0.2) is 0 Å². The zero-order valence-corrected chi connectivity index (χ0v) is 20.6. The molecular weight excluding hydrogens is 481 g/mol. The summed E-state index contributed by atoms with van der Waals surface area (Å²) in [6.07, 6.45) is 8.81. The van der Waals surface area contributed by atoms with Crippen molar-refractivity contribution in [1.29, 1.82) is 0 Å². The molecule has 0 saturated heterocycles. The van der Waals surface area contributed by atoms with Crippen molar-refractivity contribution in [2.75, 3.05) is 0 Å². The Balaban J connectivity index is 1.26. The van der Waals surface area contributed by atoms with Crippen molar-refractivity contribution >= 4 is 103 Å². The highest BCUT2D eigenvalue weighted by Gasteiger charge is 2.15. The third kappa shape index (κ3) is 5.02. The van der Waals surface area contributed by atoms with Gasteiger partial charge in [-0.15, -0.1) is 57.1 Å². The third-order valence-electron chi connectivity index (χ3n) is 4.22. The Morgan fingerprint density at radius 1 is 0.533 bits per heavy atom. The number of thiophene rings is 4. The molecule has 5 rings (SSSR count). The van der Waals surface area contributed by atoms with Crippen molar-refractivity contribution in [3.8, 4) is 0 Å². The first-order chi connectivity index (χ1) is 14.8. The first-order valence-electron chi connectivity index (χ1n) is 9.21. The summed E-state index contributed by atoms with van der Waals surface area (Å²) in [6, 6.07) is 17.4. The Bertz CT molecular complexity index is 1130. The van der Waals surface area contributed by atoms with E-state index < -0.39 is 0 Å². The SMILES string of the molecule is C(=Cc1ccc(C2=CSC=C(c3ccc(C=Cc4cccs4)s3)S2)s1)c1cccs1. The molecule has 0 bridgehead atoms. The molecule has 1 aliphatic rings. The van der Waals surface area contributed by atoms with Gasteiger partial charge in [-0.2, -0.15) is 0 Å². The fraction of sp³-hybridized carbons (Fsp3) is 0. The Labute approximate surface area is 201 Å². The van der Waals surface area contributed by atoms with Crippen LogP contribution in [0.3, 0.4) is 0 Å². The Kier molecular flexibility index (Phi) is 6.60. The van der Waals surface area contributed by atoms with Crippen LogP contribution >= 0.6 is 68.9 Å². The summed E-state index contributed by atoms with van der Waals surface area (Å²) in [5, 5.41) is 8.75. The van der Waals surface area contributed by atoms with Gasteiger partial charge >= 0.3 is 0 Å². The Hall–Kier alpha value is -1.54. The molecule has 4 aromatic heterocycles. The maximum atomic E-state index is 2.26. The van der Waals surface area contributed by atoms with E-state index in [0.29, 0.717) is 0 Å². The molecule has 6 heteroatoms. The van der Waals surface area contributed by atoms with Crippen LogP contribution in [0.5, 0.6) is 0 Å². The summed E-state index contributed by atoms with van der Waals surface area (Å²) in [4.78, 5) is 10.5. The second-order valence-electron chi connectivity index (χ2n) is 6.30. The molecule has 0 aliphatic carbocycles. The van der Waals surface area contributed by atoms with Gasteiger partial charge in [-0.1, -0.05) is 23.9 Å². The van der Waals surface area contributed by atoms with E-state index in [0.717, 1.165) is 0 Å². The van der Waals surface area contributed by atoms with Crippen LogP contribution in [-0.4, -0.2) is 0 Å². The molecule has 0 fully saturated rings. The van der Waals surface area contributed by atoms with Crippen LogP contribution in [0, 0.1) is 0 Å². The average molecular weight is 497 g/mol. The fourth-order valence-corrected chi connectivity index (χ4v) is 8.18. The zero-order valence-electron chi connectivity index (χ0n) is 15.7. The van der Waals surface area contributed by atoms with Gasteiger partial charge in [-0.05, 0) is 82.3 Å². The van der Waals surface area contributed by atoms with E-state index in [-0.39, 0.29) is 0 Å². The van der Waals surface area contributed by atoms with Crippen LogP contribution in [0.4, 0.5) is 0 Å².